The molecule has 0 bridgehead atoms. The van der Waals surface area contributed by atoms with Crippen LogP contribution in [0.5, 0.6) is 5.75 Å². The van der Waals surface area contributed by atoms with Gasteiger partial charge in [0.25, 0.3) is 0 Å². The van der Waals surface area contributed by atoms with Gasteiger partial charge in [-0.1, -0.05) is 36.7 Å². The van der Waals surface area contributed by atoms with Crippen molar-refractivity contribution in [3.63, 3.8) is 0 Å². The van der Waals surface area contributed by atoms with Crippen LogP contribution in [0.15, 0.2) is 22.7 Å². The third-order valence-electron chi connectivity index (χ3n) is 2.80. The zero-order valence-corrected chi connectivity index (χ0v) is 13.5. The maximum Gasteiger partial charge on any atom is 0.119 e. The van der Waals surface area contributed by atoms with E-state index in [1.54, 1.807) is 0 Å². The van der Waals surface area contributed by atoms with E-state index >= 15 is 0 Å². The SMILES string of the molecule is CCC(O)COc1ccc(Br)c(CNCC(C)C)c1. The summed E-state index contributed by atoms with van der Waals surface area (Å²) >= 11 is 3.55. The molecule has 0 saturated carbocycles. The Hall–Kier alpha value is -0.580. The minimum Gasteiger partial charge on any atom is -0.491 e. The molecule has 0 amide bonds. The minimum absolute atomic E-state index is 0.344. The highest BCUT2D eigenvalue weighted by Gasteiger charge is 2.05. The summed E-state index contributed by atoms with van der Waals surface area (Å²) in [5.74, 6) is 1.44. The molecule has 0 aliphatic carbocycles. The molecule has 0 aliphatic rings. The summed E-state index contributed by atoms with van der Waals surface area (Å²) in [6.07, 6.45) is 0.311. The number of rotatable bonds is 8. The predicted octanol–water partition coefficient (Wildman–Crippen LogP) is 3.34. The van der Waals surface area contributed by atoms with Crippen LogP contribution in [0.1, 0.15) is 32.8 Å². The average Bonchev–Trinajstić information content (AvgIpc) is 2.38. The summed E-state index contributed by atoms with van der Waals surface area (Å²) in [7, 11) is 0. The van der Waals surface area contributed by atoms with Crippen LogP contribution < -0.4 is 10.1 Å². The van der Waals surface area contributed by atoms with Crippen LogP contribution in [-0.4, -0.2) is 24.4 Å². The smallest absolute Gasteiger partial charge is 0.119 e. The summed E-state index contributed by atoms with van der Waals surface area (Å²) in [5, 5.41) is 12.9. The van der Waals surface area contributed by atoms with Gasteiger partial charge in [0, 0.05) is 11.0 Å². The van der Waals surface area contributed by atoms with Gasteiger partial charge in [0.15, 0.2) is 0 Å². The average molecular weight is 330 g/mol. The van der Waals surface area contributed by atoms with Crippen LogP contribution in [-0.2, 0) is 6.54 Å². The fourth-order valence-corrected chi connectivity index (χ4v) is 1.97. The summed E-state index contributed by atoms with van der Waals surface area (Å²) in [6.45, 7) is 8.47. The Balaban J connectivity index is 2.55. The van der Waals surface area contributed by atoms with E-state index in [1.165, 1.54) is 5.56 Å². The molecule has 2 N–H and O–H groups in total. The summed E-state index contributed by atoms with van der Waals surface area (Å²) in [4.78, 5) is 0. The molecule has 0 aromatic heterocycles. The number of benzene rings is 1. The first kappa shape index (κ1) is 16.5. The van der Waals surface area contributed by atoms with Gasteiger partial charge in [-0.3, -0.25) is 0 Å². The maximum atomic E-state index is 9.50. The second kappa shape index (κ2) is 8.56. The second-order valence-electron chi connectivity index (χ2n) is 5.15. The lowest BCUT2D eigenvalue weighted by Gasteiger charge is -2.13. The molecule has 1 aromatic rings. The highest BCUT2D eigenvalue weighted by atomic mass is 79.9. The second-order valence-corrected chi connectivity index (χ2v) is 6.01. The molecule has 1 atom stereocenters. The molecule has 108 valence electrons. The minimum atomic E-state index is -0.397. The summed E-state index contributed by atoms with van der Waals surface area (Å²) in [5.41, 5.74) is 1.17. The van der Waals surface area contributed by atoms with Crippen molar-refractivity contribution in [3.05, 3.63) is 28.2 Å². The molecule has 1 unspecified atom stereocenters. The van der Waals surface area contributed by atoms with E-state index in [1.807, 2.05) is 25.1 Å². The third-order valence-corrected chi connectivity index (χ3v) is 3.57. The Morgan fingerprint density at radius 2 is 2.11 bits per heavy atom. The number of nitrogens with one attached hydrogen (secondary N) is 1. The van der Waals surface area contributed by atoms with Gasteiger partial charge in [-0.2, -0.15) is 0 Å². The van der Waals surface area contributed by atoms with E-state index in [0.29, 0.717) is 18.9 Å². The third kappa shape index (κ3) is 6.41. The normalized spacial score (nSPS) is 12.7. The lowest BCUT2D eigenvalue weighted by molar-refractivity contribution is 0.104. The van der Waals surface area contributed by atoms with E-state index in [9.17, 15) is 5.11 Å². The van der Waals surface area contributed by atoms with Crippen LogP contribution in [0.3, 0.4) is 0 Å². The molecule has 0 saturated heterocycles. The fraction of sp³-hybridized carbons (Fsp3) is 0.600. The quantitative estimate of drug-likeness (QED) is 0.768. The Kier molecular flexibility index (Phi) is 7.42. The topological polar surface area (TPSA) is 41.5 Å². The molecule has 3 nitrogen and oxygen atoms in total. The number of aliphatic hydroxyl groups excluding tert-OH is 1. The molecule has 19 heavy (non-hydrogen) atoms. The van der Waals surface area contributed by atoms with Crippen LogP contribution in [0.2, 0.25) is 0 Å². The van der Waals surface area contributed by atoms with Crippen molar-refractivity contribution in [2.24, 2.45) is 5.92 Å². The van der Waals surface area contributed by atoms with Crippen LogP contribution >= 0.6 is 15.9 Å². The molecule has 0 radical (unpaired) electrons. The van der Waals surface area contributed by atoms with E-state index in [0.717, 1.165) is 23.3 Å². The van der Waals surface area contributed by atoms with E-state index < -0.39 is 6.10 Å². The van der Waals surface area contributed by atoms with Crippen molar-refractivity contribution in [2.75, 3.05) is 13.2 Å². The molecule has 0 fully saturated rings. The van der Waals surface area contributed by atoms with E-state index in [2.05, 4.69) is 35.1 Å². The number of hydrogen-bond donors (Lipinski definition) is 2. The van der Waals surface area contributed by atoms with Crippen LogP contribution in [0, 0.1) is 5.92 Å². The van der Waals surface area contributed by atoms with Crippen molar-refractivity contribution in [3.8, 4) is 5.75 Å². The standard InChI is InChI=1S/C15H24BrNO2/c1-4-13(18)10-19-14-5-6-15(16)12(7-14)9-17-8-11(2)3/h5-7,11,13,17-18H,4,8-10H2,1-3H3. The van der Waals surface area contributed by atoms with Crippen molar-refractivity contribution >= 4 is 15.9 Å². The van der Waals surface area contributed by atoms with E-state index in [-0.39, 0.29) is 0 Å². The highest BCUT2D eigenvalue weighted by Crippen LogP contribution is 2.22. The van der Waals surface area contributed by atoms with E-state index in [4.69, 9.17) is 4.74 Å². The van der Waals surface area contributed by atoms with Crippen molar-refractivity contribution in [1.82, 2.24) is 5.32 Å². The first-order valence-corrected chi connectivity index (χ1v) is 7.62. The molecular formula is C15H24BrNO2. The van der Waals surface area contributed by atoms with Gasteiger partial charge in [0.2, 0.25) is 0 Å². The largest absolute Gasteiger partial charge is 0.491 e. The molecule has 0 heterocycles. The van der Waals surface area contributed by atoms with Crippen molar-refractivity contribution in [1.29, 1.82) is 0 Å². The Labute approximate surface area is 124 Å². The van der Waals surface area contributed by atoms with Gasteiger partial charge < -0.3 is 15.2 Å². The Bertz CT molecular complexity index is 382. The molecule has 0 spiro atoms. The summed E-state index contributed by atoms with van der Waals surface area (Å²) in [6, 6.07) is 5.91. The van der Waals surface area contributed by atoms with Gasteiger partial charge in [-0.15, -0.1) is 0 Å². The Morgan fingerprint density at radius 3 is 2.74 bits per heavy atom. The number of halogens is 1. The van der Waals surface area contributed by atoms with Gasteiger partial charge in [0.1, 0.15) is 12.4 Å². The zero-order chi connectivity index (χ0) is 14.3. The molecule has 1 rings (SSSR count). The zero-order valence-electron chi connectivity index (χ0n) is 11.9. The molecule has 0 aliphatic heterocycles. The Morgan fingerprint density at radius 1 is 1.37 bits per heavy atom. The maximum absolute atomic E-state index is 9.50. The fourth-order valence-electron chi connectivity index (χ4n) is 1.58. The predicted molar refractivity (Wildman–Crippen MR) is 82.5 cm³/mol. The van der Waals surface area contributed by atoms with Gasteiger partial charge in [-0.05, 0) is 42.6 Å². The first-order chi connectivity index (χ1) is 9.02. The van der Waals surface area contributed by atoms with Crippen LogP contribution in [0.4, 0.5) is 0 Å². The number of hydrogen-bond acceptors (Lipinski definition) is 3. The summed E-state index contributed by atoms with van der Waals surface area (Å²) < 4.78 is 6.66. The lowest BCUT2D eigenvalue weighted by Crippen LogP contribution is -2.19. The first-order valence-electron chi connectivity index (χ1n) is 6.83. The van der Waals surface area contributed by atoms with Crippen molar-refractivity contribution < 1.29 is 9.84 Å². The highest BCUT2D eigenvalue weighted by molar-refractivity contribution is 9.10. The van der Waals surface area contributed by atoms with Gasteiger partial charge in [0.05, 0.1) is 6.10 Å². The lowest BCUT2D eigenvalue weighted by atomic mass is 10.2. The van der Waals surface area contributed by atoms with Gasteiger partial charge in [-0.25, -0.2) is 0 Å². The molecule has 1 aromatic carbocycles. The monoisotopic (exact) mass is 329 g/mol. The molecule has 4 heteroatoms. The van der Waals surface area contributed by atoms with Crippen LogP contribution in [0.25, 0.3) is 0 Å². The number of aliphatic hydroxyl groups is 1. The van der Waals surface area contributed by atoms with Crippen molar-refractivity contribution in [2.45, 2.75) is 39.8 Å². The molecular weight excluding hydrogens is 306 g/mol. The number of ether oxygens (including phenoxy) is 1. The van der Waals surface area contributed by atoms with Gasteiger partial charge >= 0.3 is 0 Å².